The molecule has 0 N–H and O–H groups in total. The molecule has 0 rings (SSSR count). The van der Waals surface area contributed by atoms with E-state index < -0.39 is 25.7 Å². The maximum atomic E-state index is 11.3. The van der Waals surface area contributed by atoms with E-state index in [2.05, 4.69) is 46.2 Å². The molecule has 1 atom stereocenters. The third kappa shape index (κ3) is 12.2. The predicted molar refractivity (Wildman–Crippen MR) is 110 cm³/mol. The van der Waals surface area contributed by atoms with E-state index in [0.29, 0.717) is 12.2 Å². The summed E-state index contributed by atoms with van der Waals surface area (Å²) >= 11 is 0. The molecule has 0 aliphatic heterocycles. The van der Waals surface area contributed by atoms with Gasteiger partial charge in [-0.05, 0) is 45.6 Å². The molecule has 0 amide bonds. The van der Waals surface area contributed by atoms with E-state index in [1.165, 1.54) is 18.9 Å². The van der Waals surface area contributed by atoms with E-state index in [1.54, 1.807) is 6.92 Å². The first-order valence-electron chi connectivity index (χ1n) is 9.16. The van der Waals surface area contributed by atoms with Crippen LogP contribution >= 0.6 is 0 Å². The summed E-state index contributed by atoms with van der Waals surface area (Å²) in [5.74, 6) is -0.290. The summed E-state index contributed by atoms with van der Waals surface area (Å²) in [4.78, 5) is 11.3. The minimum atomic E-state index is -2.03. The molecule has 7 heteroatoms. The van der Waals surface area contributed by atoms with Gasteiger partial charge < -0.3 is 13.3 Å². The van der Waals surface area contributed by atoms with Crippen LogP contribution in [0.15, 0.2) is 12.2 Å². The topological polar surface area (TPSA) is 44.8 Å². The quantitative estimate of drug-likeness (QED) is 0.199. The van der Waals surface area contributed by atoms with Crippen LogP contribution in [-0.2, 0) is 18.1 Å². The lowest BCUT2D eigenvalue weighted by molar-refractivity contribution is -0.138. The SMILES string of the molecule is C=C(C)C(=O)OCCC[SiH](C)CO[Si](C)(C)O[Si](C)(C)CCCC. The van der Waals surface area contributed by atoms with Gasteiger partial charge in [0.1, 0.15) is 0 Å². The molecular weight excluding hydrogens is 352 g/mol. The van der Waals surface area contributed by atoms with Crippen LogP contribution in [0, 0.1) is 0 Å². The van der Waals surface area contributed by atoms with Crippen molar-refractivity contribution in [3.63, 3.8) is 0 Å². The van der Waals surface area contributed by atoms with Crippen LogP contribution in [0.25, 0.3) is 0 Å². The van der Waals surface area contributed by atoms with Crippen molar-refractivity contribution in [2.45, 2.75) is 77.9 Å². The Bertz CT molecular complexity index is 397. The highest BCUT2D eigenvalue weighted by molar-refractivity contribution is 6.82. The van der Waals surface area contributed by atoms with Crippen molar-refractivity contribution in [2.75, 3.05) is 12.8 Å². The number of carbonyl (C=O) groups is 1. The van der Waals surface area contributed by atoms with Crippen LogP contribution in [0.5, 0.6) is 0 Å². The number of esters is 1. The van der Waals surface area contributed by atoms with Crippen molar-refractivity contribution < 1.29 is 18.1 Å². The molecule has 0 aliphatic carbocycles. The van der Waals surface area contributed by atoms with Gasteiger partial charge in [-0.3, -0.25) is 0 Å². The Morgan fingerprint density at radius 2 is 1.79 bits per heavy atom. The number of ether oxygens (including phenoxy) is 1. The Kier molecular flexibility index (Phi) is 11.3. The maximum absolute atomic E-state index is 11.3. The zero-order chi connectivity index (χ0) is 18.8. The summed E-state index contributed by atoms with van der Waals surface area (Å²) in [5.41, 5.74) is 0.461. The fraction of sp³-hybridized carbons (Fsp3) is 0.824. The van der Waals surface area contributed by atoms with Crippen molar-refractivity contribution in [1.29, 1.82) is 0 Å². The highest BCUT2D eigenvalue weighted by Crippen LogP contribution is 2.21. The molecule has 0 saturated carbocycles. The number of rotatable bonds is 13. The van der Waals surface area contributed by atoms with E-state index in [4.69, 9.17) is 13.3 Å². The number of carbonyl (C=O) groups excluding carboxylic acids is 1. The molecule has 0 saturated heterocycles. The second-order valence-corrected chi connectivity index (χ2v) is 18.9. The average molecular weight is 391 g/mol. The van der Waals surface area contributed by atoms with Crippen molar-refractivity contribution in [1.82, 2.24) is 0 Å². The van der Waals surface area contributed by atoms with Gasteiger partial charge in [0, 0.05) is 11.8 Å². The first kappa shape index (κ1) is 23.8. The molecule has 24 heavy (non-hydrogen) atoms. The van der Waals surface area contributed by atoms with Crippen molar-refractivity contribution in [3.8, 4) is 0 Å². The first-order valence-corrected chi connectivity index (χ1v) is 17.9. The Morgan fingerprint density at radius 3 is 2.33 bits per heavy atom. The summed E-state index contributed by atoms with van der Waals surface area (Å²) in [7, 11) is -4.58. The highest BCUT2D eigenvalue weighted by Gasteiger charge is 2.34. The minimum absolute atomic E-state index is 0.290. The highest BCUT2D eigenvalue weighted by atomic mass is 28.4. The number of unbranched alkanes of at least 4 members (excludes halogenated alkanes) is 1. The van der Waals surface area contributed by atoms with Gasteiger partial charge in [0.25, 0.3) is 0 Å². The van der Waals surface area contributed by atoms with Crippen LogP contribution in [0.1, 0.15) is 33.1 Å². The summed E-state index contributed by atoms with van der Waals surface area (Å²) in [6.07, 6.45) is 4.24. The molecule has 142 valence electrons. The molecular formula is C17H38O4Si3. The Hall–Kier alpha value is -0.219. The predicted octanol–water partition coefficient (Wildman–Crippen LogP) is 4.63. The Balaban J connectivity index is 4.04. The van der Waals surface area contributed by atoms with Gasteiger partial charge in [-0.1, -0.05) is 38.9 Å². The fourth-order valence-corrected chi connectivity index (χ4v) is 13.4. The third-order valence-corrected chi connectivity index (χ3v) is 12.9. The molecule has 0 bridgehead atoms. The molecule has 0 aromatic carbocycles. The monoisotopic (exact) mass is 390 g/mol. The molecule has 0 spiro atoms. The van der Waals surface area contributed by atoms with Gasteiger partial charge in [-0.25, -0.2) is 4.79 Å². The van der Waals surface area contributed by atoms with Crippen molar-refractivity contribution in [3.05, 3.63) is 12.2 Å². The van der Waals surface area contributed by atoms with Crippen molar-refractivity contribution >= 4 is 31.6 Å². The largest absolute Gasteiger partial charge is 0.462 e. The third-order valence-electron chi connectivity index (χ3n) is 3.79. The minimum Gasteiger partial charge on any atom is -0.462 e. The lowest BCUT2D eigenvalue weighted by Gasteiger charge is -2.34. The first-order chi connectivity index (χ1) is 11.0. The van der Waals surface area contributed by atoms with E-state index in [9.17, 15) is 4.79 Å². The van der Waals surface area contributed by atoms with Gasteiger partial charge in [0.05, 0.1) is 15.4 Å². The van der Waals surface area contributed by atoms with Crippen LogP contribution in [0.2, 0.25) is 44.8 Å². The summed E-state index contributed by atoms with van der Waals surface area (Å²) in [6, 6.07) is 2.33. The molecule has 0 heterocycles. The Labute approximate surface area is 153 Å². The lowest BCUT2D eigenvalue weighted by atomic mass is 10.4. The zero-order valence-corrected chi connectivity index (χ0v) is 20.0. The summed E-state index contributed by atoms with van der Waals surface area (Å²) in [6.45, 7) is 19.2. The molecule has 0 aromatic rings. The van der Waals surface area contributed by atoms with Gasteiger partial charge in [-0.15, -0.1) is 0 Å². The normalized spacial score (nSPS) is 13.6. The van der Waals surface area contributed by atoms with Gasteiger partial charge in [-0.2, -0.15) is 0 Å². The van der Waals surface area contributed by atoms with E-state index in [1.807, 2.05) is 0 Å². The molecule has 0 aromatic heterocycles. The molecule has 0 radical (unpaired) electrons. The van der Waals surface area contributed by atoms with Gasteiger partial charge >= 0.3 is 14.5 Å². The lowest BCUT2D eigenvalue weighted by Crippen LogP contribution is -2.47. The van der Waals surface area contributed by atoms with Crippen molar-refractivity contribution in [2.24, 2.45) is 0 Å². The van der Waals surface area contributed by atoms with Crippen LogP contribution < -0.4 is 0 Å². The van der Waals surface area contributed by atoms with E-state index >= 15 is 0 Å². The average Bonchev–Trinajstić information content (AvgIpc) is 2.46. The van der Waals surface area contributed by atoms with Gasteiger partial charge in [0.2, 0.25) is 0 Å². The maximum Gasteiger partial charge on any atom is 0.333 e. The standard InChI is InChI=1S/C17H38O4Si3/c1-9-10-14-23(5,6)21-24(7,8)20-15-22(4)13-11-12-19-17(18)16(2)3/h22H,2,9-15H2,1,3-8H3. The number of hydrogen-bond acceptors (Lipinski definition) is 4. The van der Waals surface area contributed by atoms with E-state index in [0.717, 1.165) is 18.7 Å². The van der Waals surface area contributed by atoms with Gasteiger partial charge in [0.15, 0.2) is 8.32 Å². The van der Waals surface area contributed by atoms with E-state index in [-0.39, 0.29) is 5.97 Å². The fourth-order valence-electron chi connectivity index (χ4n) is 2.49. The van der Waals surface area contributed by atoms with Crippen LogP contribution in [-0.4, -0.2) is 44.5 Å². The zero-order valence-electron chi connectivity index (χ0n) is 16.9. The molecule has 4 nitrogen and oxygen atoms in total. The molecule has 1 unspecified atom stereocenters. The second kappa shape index (κ2) is 11.4. The summed E-state index contributed by atoms with van der Waals surface area (Å²) < 4.78 is 17.8. The number of hydrogen-bond donors (Lipinski definition) is 0. The van der Waals surface area contributed by atoms with Crippen LogP contribution in [0.3, 0.4) is 0 Å². The smallest absolute Gasteiger partial charge is 0.333 e. The second-order valence-electron chi connectivity index (χ2n) is 7.84. The van der Waals surface area contributed by atoms with Crippen LogP contribution in [0.4, 0.5) is 0 Å². The molecule has 0 fully saturated rings. The molecule has 0 aliphatic rings. The Morgan fingerprint density at radius 1 is 1.17 bits per heavy atom. The summed E-state index contributed by atoms with van der Waals surface area (Å²) in [5, 5.41) is 0.